The quantitative estimate of drug-likeness (QED) is 0.346. The zero-order valence-electron chi connectivity index (χ0n) is 15.1. The van der Waals surface area contributed by atoms with Gasteiger partial charge in [-0.25, -0.2) is 0 Å². The molecule has 0 heterocycles. The Morgan fingerprint density at radius 3 is 1.11 bits per heavy atom. The van der Waals surface area contributed by atoms with Crippen LogP contribution in [0.2, 0.25) is 0 Å². The highest BCUT2D eigenvalue weighted by atomic mass is 14.1. The van der Waals surface area contributed by atoms with Crippen molar-refractivity contribution in [2.45, 2.75) is 69.2 Å². The minimum atomic E-state index is 0.0694. The van der Waals surface area contributed by atoms with Crippen LogP contribution in [0.5, 0.6) is 0 Å². The van der Waals surface area contributed by atoms with Crippen molar-refractivity contribution in [3.63, 3.8) is 0 Å². The Balaban J connectivity index is -0.000000203. The summed E-state index contributed by atoms with van der Waals surface area (Å²) in [4.78, 5) is 0. The molecular formula is C19H36. The third-order valence-electron chi connectivity index (χ3n) is 2.33. The number of hydrogen-bond donors (Lipinski definition) is 0. The molecule has 0 aliphatic rings. The molecule has 0 saturated heterocycles. The maximum atomic E-state index is 5.06. The predicted octanol–water partition coefficient (Wildman–Crippen LogP) is 6.49. The second-order valence-electron chi connectivity index (χ2n) is 7.99. The van der Waals surface area contributed by atoms with Crippen LogP contribution in [0, 0.1) is 28.6 Å². The Kier molecular flexibility index (Phi) is 11.0. The van der Waals surface area contributed by atoms with Gasteiger partial charge in [0.1, 0.15) is 0 Å². The minimum absolute atomic E-state index is 0.0694. The second-order valence-corrected chi connectivity index (χ2v) is 7.99. The lowest BCUT2D eigenvalue weighted by Crippen LogP contribution is -2.04. The van der Waals surface area contributed by atoms with Crippen LogP contribution in [0.3, 0.4) is 0 Å². The molecule has 0 bridgehead atoms. The van der Waals surface area contributed by atoms with E-state index in [1.54, 1.807) is 0 Å². The Morgan fingerprint density at radius 1 is 0.947 bits per heavy atom. The summed E-state index contributed by atoms with van der Waals surface area (Å²) in [6, 6.07) is 0. The average Bonchev–Trinajstić information content (AvgIpc) is 2.16. The van der Waals surface area contributed by atoms with E-state index < -0.39 is 0 Å². The van der Waals surface area contributed by atoms with Crippen LogP contribution >= 0.6 is 0 Å². The van der Waals surface area contributed by atoms with Crippen LogP contribution in [0.25, 0.3) is 0 Å². The van der Waals surface area contributed by atoms with Crippen molar-refractivity contribution in [3.05, 3.63) is 24.8 Å². The van der Waals surface area contributed by atoms with Gasteiger partial charge in [0, 0.05) is 5.41 Å². The molecule has 0 aliphatic heterocycles. The van der Waals surface area contributed by atoms with Crippen molar-refractivity contribution < 1.29 is 0 Å². The molecule has 19 heavy (non-hydrogen) atoms. The van der Waals surface area contributed by atoms with Gasteiger partial charge in [-0.15, -0.1) is 18.9 Å². The summed E-state index contributed by atoms with van der Waals surface area (Å²) < 4.78 is 0. The van der Waals surface area contributed by atoms with Gasteiger partial charge in [-0.3, -0.25) is 0 Å². The molecule has 0 rings (SSSR count). The molecule has 0 aromatic rings. The van der Waals surface area contributed by atoms with Crippen LogP contribution in [-0.4, -0.2) is 0 Å². The Hall–Kier alpha value is -0.960. The molecule has 0 aliphatic carbocycles. The lowest BCUT2D eigenvalue weighted by atomic mass is 9.89. The van der Waals surface area contributed by atoms with Crippen molar-refractivity contribution in [3.8, 4) is 12.3 Å². The maximum Gasteiger partial charge on any atom is 0.0227 e. The van der Waals surface area contributed by atoms with Gasteiger partial charge < -0.3 is 0 Å². The number of terminal acetylenes is 1. The van der Waals surface area contributed by atoms with Gasteiger partial charge in [0.2, 0.25) is 0 Å². The van der Waals surface area contributed by atoms with Gasteiger partial charge in [-0.05, 0) is 38.5 Å². The molecule has 0 radical (unpaired) electrons. The smallest absolute Gasteiger partial charge is 0.0227 e. The summed E-state index contributed by atoms with van der Waals surface area (Å²) in [7, 11) is 0. The summed E-state index contributed by atoms with van der Waals surface area (Å²) >= 11 is 0. The fraction of sp³-hybridized carbons (Fsp3) is 0.684. The van der Waals surface area contributed by atoms with Crippen molar-refractivity contribution in [1.82, 2.24) is 0 Å². The van der Waals surface area contributed by atoms with Gasteiger partial charge in [-0.1, -0.05) is 59.8 Å². The van der Waals surface area contributed by atoms with E-state index in [2.05, 4.69) is 67.5 Å². The van der Waals surface area contributed by atoms with Gasteiger partial charge in [0.25, 0.3) is 0 Å². The predicted molar refractivity (Wildman–Crippen MR) is 92.2 cm³/mol. The first kappa shape index (κ1) is 23.2. The fourth-order valence-corrected chi connectivity index (χ4v) is 0. The molecule has 112 valence electrons. The van der Waals surface area contributed by atoms with Crippen LogP contribution in [0.4, 0.5) is 0 Å². The van der Waals surface area contributed by atoms with Crippen molar-refractivity contribution >= 4 is 0 Å². The molecule has 0 fully saturated rings. The zero-order valence-corrected chi connectivity index (χ0v) is 15.1. The zero-order chi connectivity index (χ0) is 16.5. The van der Waals surface area contributed by atoms with E-state index in [-0.39, 0.29) is 5.41 Å². The van der Waals surface area contributed by atoms with Gasteiger partial charge in [0.05, 0.1) is 0 Å². The van der Waals surface area contributed by atoms with Crippen molar-refractivity contribution in [1.29, 1.82) is 0 Å². The molecule has 0 nitrogen and oxygen atoms in total. The van der Waals surface area contributed by atoms with E-state index in [9.17, 15) is 0 Å². The lowest BCUT2D eigenvalue weighted by molar-refractivity contribution is 0.506. The van der Waals surface area contributed by atoms with E-state index >= 15 is 0 Å². The number of allylic oxidation sites excluding steroid dienone is 2. The van der Waals surface area contributed by atoms with Crippen LogP contribution in [-0.2, 0) is 0 Å². The molecule has 0 aromatic carbocycles. The molecule has 0 spiro atoms. The van der Waals surface area contributed by atoms with E-state index in [1.165, 1.54) is 5.57 Å². The third kappa shape index (κ3) is 31.6. The standard InChI is InChI=1S/C7H14.C6H12.C6H10/c1-6(2)7(3,4)5;2*1-5-6(2,3)4/h1H2,2-5H3;5H,1H2,2-4H3;1H,2-4H3. The first-order chi connectivity index (χ1) is 8.06. The van der Waals surface area contributed by atoms with Crippen molar-refractivity contribution in [2.24, 2.45) is 16.2 Å². The fourth-order valence-electron chi connectivity index (χ4n) is 0. The van der Waals surface area contributed by atoms with E-state index in [0.29, 0.717) is 10.8 Å². The molecule has 0 amide bonds. The minimum Gasteiger partial charge on any atom is -0.120 e. The van der Waals surface area contributed by atoms with Crippen LogP contribution < -0.4 is 0 Å². The van der Waals surface area contributed by atoms with Gasteiger partial charge >= 0.3 is 0 Å². The maximum absolute atomic E-state index is 5.06. The first-order valence-corrected chi connectivity index (χ1v) is 6.84. The van der Waals surface area contributed by atoms with Crippen molar-refractivity contribution in [2.75, 3.05) is 0 Å². The topological polar surface area (TPSA) is 0 Å². The number of rotatable bonds is 0. The molecular weight excluding hydrogens is 228 g/mol. The van der Waals surface area contributed by atoms with Crippen LogP contribution in [0.15, 0.2) is 24.8 Å². The largest absolute Gasteiger partial charge is 0.120 e. The average molecular weight is 264 g/mol. The normalized spacial score (nSPS) is 11.0. The van der Waals surface area contributed by atoms with E-state index in [1.807, 2.05) is 26.8 Å². The summed E-state index contributed by atoms with van der Waals surface area (Å²) in [5.41, 5.74) is 1.92. The Labute approximate surface area is 123 Å². The highest BCUT2D eigenvalue weighted by Crippen LogP contribution is 2.21. The van der Waals surface area contributed by atoms with Gasteiger partial charge in [-0.2, -0.15) is 0 Å². The first-order valence-electron chi connectivity index (χ1n) is 6.84. The summed E-state index contributed by atoms with van der Waals surface area (Å²) in [5, 5.41) is 0. The summed E-state index contributed by atoms with van der Waals surface area (Å²) in [5.74, 6) is 2.60. The molecule has 0 atom stereocenters. The van der Waals surface area contributed by atoms with Crippen LogP contribution in [0.1, 0.15) is 69.2 Å². The number of hydrogen-bond acceptors (Lipinski definition) is 0. The highest BCUT2D eigenvalue weighted by molar-refractivity contribution is 5.00. The van der Waals surface area contributed by atoms with E-state index in [4.69, 9.17) is 6.42 Å². The van der Waals surface area contributed by atoms with E-state index in [0.717, 1.165) is 0 Å². The second kappa shape index (κ2) is 9.03. The Morgan fingerprint density at radius 2 is 1.11 bits per heavy atom. The van der Waals surface area contributed by atoms with Gasteiger partial charge in [0.15, 0.2) is 0 Å². The lowest BCUT2D eigenvalue weighted by Gasteiger charge is -2.16. The molecule has 0 N–H and O–H groups in total. The molecule has 0 aromatic heterocycles. The Bertz CT molecular complexity index is 289. The highest BCUT2D eigenvalue weighted by Gasteiger charge is 2.08. The monoisotopic (exact) mass is 264 g/mol. The third-order valence-corrected chi connectivity index (χ3v) is 2.33. The summed E-state index contributed by atoms with van der Waals surface area (Å²) in [6.45, 7) is 28.4. The SMILES string of the molecule is C#CC(C)(C)C.C=C(C)C(C)(C)C.C=CC(C)(C)C. The molecule has 0 heteroatoms. The molecule has 0 unspecified atom stereocenters. The summed E-state index contributed by atoms with van der Waals surface area (Å²) in [6.07, 6.45) is 6.99. The molecule has 0 saturated carbocycles.